The number of fused-ring (bicyclic) bond motifs is 1. The number of hydrogen-bond donors (Lipinski definition) is 1. The van der Waals surface area contributed by atoms with Gasteiger partial charge >= 0.3 is 0 Å². The topological polar surface area (TPSA) is 59.1 Å². The van der Waals surface area contributed by atoms with Crippen LogP contribution < -0.4 is 5.32 Å². The lowest BCUT2D eigenvalue weighted by molar-refractivity contribution is 0.0879. The fourth-order valence-corrected chi connectivity index (χ4v) is 2.97. The Morgan fingerprint density at radius 3 is 2.84 bits per heavy atom. The molecular weight excluding hydrogens is 260 g/mol. The molecule has 0 bridgehead atoms. The number of carbonyl (C=O) groups is 2. The van der Waals surface area contributed by atoms with Crippen molar-refractivity contribution in [3.8, 4) is 0 Å². The van der Waals surface area contributed by atoms with Crippen LogP contribution in [0.25, 0.3) is 0 Å². The zero-order valence-corrected chi connectivity index (χ0v) is 11.0. The Hall–Kier alpha value is -2.01. The van der Waals surface area contributed by atoms with Crippen molar-refractivity contribution in [2.45, 2.75) is 19.3 Å². The molecule has 0 fully saturated rings. The average molecular weight is 272 g/mol. The van der Waals surface area contributed by atoms with Gasteiger partial charge in [-0.25, -0.2) is 4.98 Å². The van der Waals surface area contributed by atoms with E-state index >= 15 is 0 Å². The van der Waals surface area contributed by atoms with E-state index in [1.807, 2.05) is 17.5 Å². The summed E-state index contributed by atoms with van der Waals surface area (Å²) in [4.78, 5) is 27.5. The molecule has 3 rings (SSSR count). The van der Waals surface area contributed by atoms with Crippen LogP contribution in [0.15, 0.2) is 29.8 Å². The third kappa shape index (κ3) is 2.29. The third-order valence-electron chi connectivity index (χ3n) is 3.17. The minimum absolute atomic E-state index is 0.273. The fraction of sp³-hybridized carbons (Fsp3) is 0.214. The van der Waals surface area contributed by atoms with Gasteiger partial charge in [0.1, 0.15) is 0 Å². The first kappa shape index (κ1) is 12.0. The van der Waals surface area contributed by atoms with Crippen LogP contribution in [0, 0.1) is 0 Å². The number of carbonyl (C=O) groups excluding carboxylic acids is 2. The summed E-state index contributed by atoms with van der Waals surface area (Å²) in [7, 11) is 0. The quantitative estimate of drug-likeness (QED) is 0.868. The molecule has 2 amide bonds. The van der Waals surface area contributed by atoms with Gasteiger partial charge in [-0.15, -0.1) is 11.3 Å². The lowest BCUT2D eigenvalue weighted by atomic mass is 9.98. The van der Waals surface area contributed by atoms with Crippen molar-refractivity contribution in [2.75, 3.05) is 0 Å². The standard InChI is InChI=1S/C14H12N2O2S/c17-13-10-5-1-3-9(12(10)14(18)16-13)4-2-6-11-15-7-8-19-11/h1,3,5,7-8H,2,4,6H2,(H,16,17,18). The number of aryl methyl sites for hydroxylation is 2. The molecule has 0 saturated carbocycles. The van der Waals surface area contributed by atoms with Gasteiger partial charge in [0.2, 0.25) is 0 Å². The number of amides is 2. The van der Waals surface area contributed by atoms with E-state index in [0.29, 0.717) is 11.1 Å². The Bertz CT molecular complexity index is 635. The molecule has 2 heterocycles. The van der Waals surface area contributed by atoms with Gasteiger partial charge in [-0.2, -0.15) is 0 Å². The normalized spacial score (nSPS) is 13.5. The Morgan fingerprint density at radius 2 is 2.05 bits per heavy atom. The Balaban J connectivity index is 1.75. The molecule has 2 aromatic rings. The largest absolute Gasteiger partial charge is 0.288 e. The summed E-state index contributed by atoms with van der Waals surface area (Å²) >= 11 is 1.64. The number of aromatic nitrogens is 1. The van der Waals surface area contributed by atoms with Gasteiger partial charge in [-0.05, 0) is 30.9 Å². The highest BCUT2D eigenvalue weighted by Crippen LogP contribution is 2.21. The second-order valence-electron chi connectivity index (χ2n) is 4.40. The molecule has 19 heavy (non-hydrogen) atoms. The van der Waals surface area contributed by atoms with Crippen molar-refractivity contribution in [1.82, 2.24) is 10.3 Å². The van der Waals surface area contributed by atoms with E-state index in [-0.39, 0.29) is 11.8 Å². The second kappa shape index (κ2) is 4.93. The first-order valence-electron chi connectivity index (χ1n) is 6.11. The maximum Gasteiger partial charge on any atom is 0.259 e. The molecule has 4 nitrogen and oxygen atoms in total. The van der Waals surface area contributed by atoms with Crippen LogP contribution in [-0.2, 0) is 12.8 Å². The van der Waals surface area contributed by atoms with Gasteiger partial charge in [0.25, 0.3) is 11.8 Å². The van der Waals surface area contributed by atoms with E-state index in [4.69, 9.17) is 0 Å². The van der Waals surface area contributed by atoms with Crippen LogP contribution >= 0.6 is 11.3 Å². The smallest absolute Gasteiger partial charge is 0.259 e. The second-order valence-corrected chi connectivity index (χ2v) is 5.38. The summed E-state index contributed by atoms with van der Waals surface area (Å²) in [5, 5.41) is 5.40. The SMILES string of the molecule is O=C1NC(=O)c2c(CCCc3nccs3)cccc21. The number of rotatable bonds is 4. The molecule has 0 radical (unpaired) electrons. The van der Waals surface area contributed by atoms with Crippen molar-refractivity contribution in [3.05, 3.63) is 51.5 Å². The molecule has 0 atom stereocenters. The van der Waals surface area contributed by atoms with Gasteiger partial charge in [0.15, 0.2) is 0 Å². The minimum atomic E-state index is -0.290. The van der Waals surface area contributed by atoms with E-state index < -0.39 is 0 Å². The monoisotopic (exact) mass is 272 g/mol. The minimum Gasteiger partial charge on any atom is -0.288 e. The molecular formula is C14H12N2O2S. The Labute approximate surface area is 114 Å². The van der Waals surface area contributed by atoms with Crippen molar-refractivity contribution in [3.63, 3.8) is 0 Å². The number of nitrogens with one attached hydrogen (secondary N) is 1. The van der Waals surface area contributed by atoms with Crippen molar-refractivity contribution >= 4 is 23.2 Å². The molecule has 0 saturated heterocycles. The molecule has 1 aliphatic heterocycles. The van der Waals surface area contributed by atoms with Crippen LogP contribution in [0.5, 0.6) is 0 Å². The molecule has 1 aromatic carbocycles. The maximum absolute atomic E-state index is 11.7. The molecule has 5 heteroatoms. The van der Waals surface area contributed by atoms with Crippen molar-refractivity contribution in [1.29, 1.82) is 0 Å². The number of thiazole rings is 1. The van der Waals surface area contributed by atoms with Crippen molar-refractivity contribution in [2.24, 2.45) is 0 Å². The van der Waals surface area contributed by atoms with E-state index in [1.165, 1.54) is 0 Å². The first-order chi connectivity index (χ1) is 9.25. The van der Waals surface area contributed by atoms with Crippen LogP contribution in [0.4, 0.5) is 0 Å². The van der Waals surface area contributed by atoms with Gasteiger partial charge in [0.05, 0.1) is 16.1 Å². The Kier molecular flexibility index (Phi) is 3.13. The lowest BCUT2D eigenvalue weighted by Gasteiger charge is -2.04. The number of hydrogen-bond acceptors (Lipinski definition) is 4. The summed E-state index contributed by atoms with van der Waals surface area (Å²) in [6.07, 6.45) is 4.40. The third-order valence-corrected chi connectivity index (χ3v) is 4.01. The van der Waals surface area contributed by atoms with Crippen LogP contribution in [0.2, 0.25) is 0 Å². The predicted molar refractivity (Wildman–Crippen MR) is 72.4 cm³/mol. The van der Waals surface area contributed by atoms with E-state index in [1.54, 1.807) is 23.6 Å². The summed E-state index contributed by atoms with van der Waals surface area (Å²) < 4.78 is 0. The first-order valence-corrected chi connectivity index (χ1v) is 6.99. The summed E-state index contributed by atoms with van der Waals surface area (Å²) in [5.74, 6) is -0.563. The summed E-state index contributed by atoms with van der Waals surface area (Å²) in [5.41, 5.74) is 1.99. The fourth-order valence-electron chi connectivity index (χ4n) is 2.31. The highest BCUT2D eigenvalue weighted by atomic mass is 32.1. The maximum atomic E-state index is 11.7. The highest BCUT2D eigenvalue weighted by molar-refractivity contribution is 7.09. The van der Waals surface area contributed by atoms with Gasteiger partial charge in [-0.1, -0.05) is 12.1 Å². The summed E-state index contributed by atoms with van der Waals surface area (Å²) in [6.45, 7) is 0. The molecule has 0 unspecified atom stereocenters. The van der Waals surface area contributed by atoms with Crippen LogP contribution in [0.3, 0.4) is 0 Å². The average Bonchev–Trinajstić information content (AvgIpc) is 3.00. The number of nitrogens with zero attached hydrogens (tertiary/aromatic N) is 1. The molecule has 1 aliphatic rings. The molecule has 0 aliphatic carbocycles. The Morgan fingerprint density at radius 1 is 1.16 bits per heavy atom. The van der Waals surface area contributed by atoms with Gasteiger partial charge in [0, 0.05) is 11.6 Å². The zero-order chi connectivity index (χ0) is 13.2. The van der Waals surface area contributed by atoms with Crippen LogP contribution in [0.1, 0.15) is 37.7 Å². The number of benzene rings is 1. The van der Waals surface area contributed by atoms with E-state index in [2.05, 4.69) is 10.3 Å². The van der Waals surface area contributed by atoms with Gasteiger partial charge < -0.3 is 0 Å². The predicted octanol–water partition coefficient (Wildman–Crippen LogP) is 2.20. The van der Waals surface area contributed by atoms with Gasteiger partial charge in [-0.3, -0.25) is 14.9 Å². The van der Waals surface area contributed by atoms with Crippen molar-refractivity contribution < 1.29 is 9.59 Å². The molecule has 1 N–H and O–H groups in total. The molecule has 0 spiro atoms. The molecule has 96 valence electrons. The lowest BCUT2D eigenvalue weighted by Crippen LogP contribution is -2.20. The van der Waals surface area contributed by atoms with Crippen LogP contribution in [-0.4, -0.2) is 16.8 Å². The van der Waals surface area contributed by atoms with E-state index in [9.17, 15) is 9.59 Å². The summed E-state index contributed by atoms with van der Waals surface area (Å²) in [6, 6.07) is 5.44. The molecule has 1 aromatic heterocycles. The highest BCUT2D eigenvalue weighted by Gasteiger charge is 2.28. The number of imide groups is 1. The van der Waals surface area contributed by atoms with E-state index in [0.717, 1.165) is 29.8 Å². The zero-order valence-electron chi connectivity index (χ0n) is 10.2.